The van der Waals surface area contributed by atoms with Gasteiger partial charge in [-0.3, -0.25) is 0 Å². The van der Waals surface area contributed by atoms with Gasteiger partial charge in [0.25, 0.3) is 0 Å². The number of hydrogen-bond acceptors (Lipinski definition) is 3. The van der Waals surface area contributed by atoms with Gasteiger partial charge in [-0.15, -0.1) is 0 Å². The highest BCUT2D eigenvalue weighted by Crippen LogP contribution is 2.00. The van der Waals surface area contributed by atoms with Crippen molar-refractivity contribution in [1.82, 2.24) is 5.32 Å². The van der Waals surface area contributed by atoms with E-state index in [2.05, 4.69) is 5.32 Å². The van der Waals surface area contributed by atoms with Crippen LogP contribution in [0.15, 0.2) is 0 Å². The first kappa shape index (κ1) is 11.9. The Kier molecular flexibility index (Phi) is 5.46. The zero-order valence-electron chi connectivity index (χ0n) is 8.41. The predicted octanol–water partition coefficient (Wildman–Crippen LogP) is 0.362. The average Bonchev–Trinajstić information content (AvgIpc) is 1.98. The second-order valence-electron chi connectivity index (χ2n) is 3.75. The van der Waals surface area contributed by atoms with Crippen LogP contribution >= 0.6 is 0 Å². The maximum Gasteiger partial charge on any atom is 0.0687 e. The van der Waals surface area contributed by atoms with Gasteiger partial charge in [0.15, 0.2) is 0 Å². The van der Waals surface area contributed by atoms with E-state index in [-0.39, 0.29) is 24.2 Å². The van der Waals surface area contributed by atoms with E-state index < -0.39 is 0 Å². The Morgan fingerprint density at radius 1 is 1.08 bits per heavy atom. The third-order valence-corrected chi connectivity index (χ3v) is 2.14. The quantitative estimate of drug-likeness (QED) is 0.565. The first-order valence-corrected chi connectivity index (χ1v) is 4.54. The van der Waals surface area contributed by atoms with Crippen molar-refractivity contribution in [3.05, 3.63) is 0 Å². The van der Waals surface area contributed by atoms with E-state index in [0.29, 0.717) is 6.54 Å². The standard InChI is InChI=1S/C9H21NO2/c1-6(2)9(12)5-10-7(3)8(4)11/h6-12H,5H2,1-4H3. The molecule has 0 aromatic rings. The molecule has 0 aromatic carbocycles. The Hall–Kier alpha value is -0.120. The van der Waals surface area contributed by atoms with E-state index in [1.54, 1.807) is 6.92 Å². The van der Waals surface area contributed by atoms with Crippen LogP contribution in [0.2, 0.25) is 0 Å². The molecule has 3 N–H and O–H groups in total. The van der Waals surface area contributed by atoms with Crippen LogP contribution in [0.4, 0.5) is 0 Å². The Morgan fingerprint density at radius 3 is 1.92 bits per heavy atom. The summed E-state index contributed by atoms with van der Waals surface area (Å²) in [6.45, 7) is 8.12. The monoisotopic (exact) mass is 175 g/mol. The molecular weight excluding hydrogens is 154 g/mol. The van der Waals surface area contributed by atoms with Gasteiger partial charge in [0.2, 0.25) is 0 Å². The molecule has 12 heavy (non-hydrogen) atoms. The van der Waals surface area contributed by atoms with Gasteiger partial charge in [0.05, 0.1) is 12.2 Å². The maximum absolute atomic E-state index is 9.41. The Morgan fingerprint density at radius 2 is 1.58 bits per heavy atom. The summed E-state index contributed by atoms with van der Waals surface area (Å²) in [5, 5.41) is 21.6. The lowest BCUT2D eigenvalue weighted by atomic mass is 10.1. The second kappa shape index (κ2) is 5.51. The van der Waals surface area contributed by atoms with Crippen molar-refractivity contribution in [3.63, 3.8) is 0 Å². The third-order valence-electron chi connectivity index (χ3n) is 2.14. The van der Waals surface area contributed by atoms with Gasteiger partial charge in [-0.25, -0.2) is 0 Å². The molecule has 0 aliphatic rings. The molecule has 3 heteroatoms. The summed E-state index contributed by atoms with van der Waals surface area (Å²) in [6, 6.07) is 0.0402. The van der Waals surface area contributed by atoms with Crippen LogP contribution < -0.4 is 5.32 Å². The van der Waals surface area contributed by atoms with Gasteiger partial charge in [0.1, 0.15) is 0 Å². The van der Waals surface area contributed by atoms with Gasteiger partial charge in [-0.1, -0.05) is 13.8 Å². The normalized spacial score (nSPS) is 19.2. The van der Waals surface area contributed by atoms with Crippen LogP contribution in [0, 0.1) is 5.92 Å². The van der Waals surface area contributed by atoms with Crippen molar-refractivity contribution in [2.24, 2.45) is 5.92 Å². The molecule has 0 fully saturated rings. The van der Waals surface area contributed by atoms with E-state index >= 15 is 0 Å². The maximum atomic E-state index is 9.41. The minimum absolute atomic E-state index is 0.0402. The van der Waals surface area contributed by atoms with Gasteiger partial charge in [0, 0.05) is 12.6 Å². The first-order valence-electron chi connectivity index (χ1n) is 4.54. The van der Waals surface area contributed by atoms with Crippen LogP contribution in [0.25, 0.3) is 0 Å². The highest BCUT2D eigenvalue weighted by Gasteiger charge is 2.12. The van der Waals surface area contributed by atoms with Crippen LogP contribution in [0.5, 0.6) is 0 Å². The Balaban J connectivity index is 3.54. The van der Waals surface area contributed by atoms with E-state index in [4.69, 9.17) is 5.11 Å². The highest BCUT2D eigenvalue weighted by molar-refractivity contribution is 4.70. The molecule has 0 heterocycles. The van der Waals surface area contributed by atoms with Crippen molar-refractivity contribution < 1.29 is 10.2 Å². The Bertz CT molecular complexity index is 101. The number of nitrogens with one attached hydrogen (secondary N) is 1. The number of rotatable bonds is 5. The molecule has 3 nitrogen and oxygen atoms in total. The minimum atomic E-state index is -0.371. The van der Waals surface area contributed by atoms with Crippen molar-refractivity contribution in [1.29, 1.82) is 0 Å². The fraction of sp³-hybridized carbons (Fsp3) is 1.00. The van der Waals surface area contributed by atoms with Gasteiger partial charge >= 0.3 is 0 Å². The molecule has 0 saturated heterocycles. The molecular formula is C9H21NO2. The van der Waals surface area contributed by atoms with Crippen molar-refractivity contribution in [2.75, 3.05) is 6.54 Å². The van der Waals surface area contributed by atoms with Crippen molar-refractivity contribution in [2.45, 2.75) is 45.9 Å². The minimum Gasteiger partial charge on any atom is -0.392 e. The SMILES string of the molecule is CC(C)C(O)CNC(C)C(C)O. The van der Waals surface area contributed by atoms with E-state index in [1.807, 2.05) is 20.8 Å². The molecule has 0 aromatic heterocycles. The average molecular weight is 175 g/mol. The number of aliphatic hydroxyl groups excluding tert-OH is 2. The summed E-state index contributed by atoms with van der Waals surface area (Å²) in [6.07, 6.45) is -0.699. The zero-order chi connectivity index (χ0) is 9.72. The zero-order valence-corrected chi connectivity index (χ0v) is 8.41. The first-order chi connectivity index (χ1) is 5.45. The van der Waals surface area contributed by atoms with Crippen LogP contribution in [-0.2, 0) is 0 Å². The molecule has 0 spiro atoms. The molecule has 0 radical (unpaired) electrons. The molecule has 3 unspecified atom stereocenters. The largest absolute Gasteiger partial charge is 0.392 e. The topological polar surface area (TPSA) is 52.5 Å². The van der Waals surface area contributed by atoms with E-state index in [0.717, 1.165) is 0 Å². The lowest BCUT2D eigenvalue weighted by molar-refractivity contribution is 0.102. The summed E-state index contributed by atoms with van der Waals surface area (Å²) >= 11 is 0. The van der Waals surface area contributed by atoms with Gasteiger partial charge in [-0.05, 0) is 19.8 Å². The van der Waals surface area contributed by atoms with Crippen molar-refractivity contribution >= 4 is 0 Å². The lowest BCUT2D eigenvalue weighted by Gasteiger charge is -2.20. The summed E-state index contributed by atoms with van der Waals surface area (Å²) in [7, 11) is 0. The molecule has 0 bridgehead atoms. The molecule has 0 amide bonds. The summed E-state index contributed by atoms with van der Waals surface area (Å²) in [5.74, 6) is 0.263. The summed E-state index contributed by atoms with van der Waals surface area (Å²) in [4.78, 5) is 0. The number of hydrogen-bond donors (Lipinski definition) is 3. The van der Waals surface area contributed by atoms with Crippen molar-refractivity contribution in [3.8, 4) is 0 Å². The molecule has 0 rings (SSSR count). The molecule has 0 saturated carbocycles. The van der Waals surface area contributed by atoms with Crippen LogP contribution in [0.1, 0.15) is 27.7 Å². The molecule has 3 atom stereocenters. The molecule has 74 valence electrons. The van der Waals surface area contributed by atoms with E-state index in [1.165, 1.54) is 0 Å². The van der Waals surface area contributed by atoms with Gasteiger partial charge < -0.3 is 15.5 Å². The highest BCUT2D eigenvalue weighted by atomic mass is 16.3. The molecule has 0 aliphatic carbocycles. The Labute approximate surface area is 74.8 Å². The molecule has 0 aliphatic heterocycles. The lowest BCUT2D eigenvalue weighted by Crippen LogP contribution is -2.41. The second-order valence-corrected chi connectivity index (χ2v) is 3.75. The summed E-state index contributed by atoms with van der Waals surface area (Å²) in [5.41, 5.74) is 0. The third kappa shape index (κ3) is 4.70. The van der Waals surface area contributed by atoms with Gasteiger partial charge in [-0.2, -0.15) is 0 Å². The predicted molar refractivity (Wildman–Crippen MR) is 50.0 cm³/mol. The number of aliphatic hydroxyl groups is 2. The fourth-order valence-corrected chi connectivity index (χ4v) is 0.713. The summed E-state index contributed by atoms with van der Waals surface area (Å²) < 4.78 is 0. The van der Waals surface area contributed by atoms with E-state index in [9.17, 15) is 5.11 Å². The smallest absolute Gasteiger partial charge is 0.0687 e. The van der Waals surface area contributed by atoms with Crippen LogP contribution in [-0.4, -0.2) is 35.0 Å². The fourth-order valence-electron chi connectivity index (χ4n) is 0.713. The van der Waals surface area contributed by atoms with Crippen LogP contribution in [0.3, 0.4) is 0 Å².